The van der Waals surface area contributed by atoms with Crippen LogP contribution < -0.4 is 10.6 Å². The maximum absolute atomic E-state index is 12.1. The monoisotopic (exact) mass is 275 g/mol. The van der Waals surface area contributed by atoms with Crippen LogP contribution in [-0.4, -0.2) is 30.1 Å². The molecule has 0 radical (unpaired) electrons. The number of hydrogen-bond donors (Lipinski definition) is 2. The van der Waals surface area contributed by atoms with Gasteiger partial charge in [-0.1, -0.05) is 19.1 Å². The van der Waals surface area contributed by atoms with Crippen LogP contribution in [0.1, 0.15) is 45.2 Å². The van der Waals surface area contributed by atoms with Crippen LogP contribution in [-0.2, 0) is 0 Å². The number of benzene rings is 1. The zero-order chi connectivity index (χ0) is 14.5. The number of nitrogens with one attached hydrogen (secondary N) is 2. The second-order valence-electron chi connectivity index (χ2n) is 5.52. The lowest BCUT2D eigenvalue weighted by Gasteiger charge is -2.22. The molecule has 4 heteroatoms. The number of nitrogens with zero attached hydrogens (tertiary/aromatic N) is 1. The van der Waals surface area contributed by atoms with Crippen LogP contribution in [0.3, 0.4) is 0 Å². The molecule has 0 spiro atoms. The van der Waals surface area contributed by atoms with E-state index < -0.39 is 0 Å². The van der Waals surface area contributed by atoms with Gasteiger partial charge in [0.05, 0.1) is 0 Å². The van der Waals surface area contributed by atoms with Crippen LogP contribution in [0.2, 0.25) is 0 Å². The highest BCUT2D eigenvalue weighted by molar-refractivity contribution is 5.89. The van der Waals surface area contributed by atoms with Crippen molar-refractivity contribution in [1.82, 2.24) is 10.2 Å². The lowest BCUT2D eigenvalue weighted by molar-refractivity contribution is 0.210. The molecule has 2 rings (SSSR count). The Labute approximate surface area is 121 Å². The Bertz CT molecular complexity index is 444. The number of urea groups is 1. The molecule has 1 aromatic carbocycles. The van der Waals surface area contributed by atoms with E-state index in [1.54, 1.807) is 0 Å². The van der Waals surface area contributed by atoms with Gasteiger partial charge in [0.1, 0.15) is 0 Å². The van der Waals surface area contributed by atoms with Gasteiger partial charge in [0, 0.05) is 24.3 Å². The molecule has 20 heavy (non-hydrogen) atoms. The number of hydrogen-bond acceptors (Lipinski definition) is 2. The van der Waals surface area contributed by atoms with Gasteiger partial charge >= 0.3 is 6.03 Å². The van der Waals surface area contributed by atoms with E-state index in [9.17, 15) is 4.79 Å². The van der Waals surface area contributed by atoms with Gasteiger partial charge in [-0.05, 0) is 50.9 Å². The van der Waals surface area contributed by atoms with Crippen molar-refractivity contribution in [3.05, 3.63) is 29.8 Å². The highest BCUT2D eigenvalue weighted by atomic mass is 16.2. The molecule has 0 bridgehead atoms. The van der Waals surface area contributed by atoms with Crippen molar-refractivity contribution in [2.75, 3.05) is 18.4 Å². The summed E-state index contributed by atoms with van der Waals surface area (Å²) in [6.45, 7) is 8.16. The summed E-state index contributed by atoms with van der Waals surface area (Å²) in [5, 5.41) is 6.36. The predicted octanol–water partition coefficient (Wildman–Crippen LogP) is 3.37. The van der Waals surface area contributed by atoms with Gasteiger partial charge in [-0.2, -0.15) is 0 Å². The lowest BCUT2D eigenvalue weighted by Crippen LogP contribution is -2.37. The van der Waals surface area contributed by atoms with Gasteiger partial charge in [-0.3, -0.25) is 0 Å². The summed E-state index contributed by atoms with van der Waals surface area (Å²) in [6, 6.07) is 8.78. The normalized spacial score (nSPS) is 19.9. The summed E-state index contributed by atoms with van der Waals surface area (Å²) in [6.07, 6.45) is 2.21. The van der Waals surface area contributed by atoms with Crippen LogP contribution in [0.5, 0.6) is 0 Å². The number of anilines is 1. The van der Waals surface area contributed by atoms with Gasteiger partial charge in [0.2, 0.25) is 0 Å². The summed E-state index contributed by atoms with van der Waals surface area (Å²) in [7, 11) is 0. The van der Waals surface area contributed by atoms with E-state index in [2.05, 4.69) is 43.5 Å². The third kappa shape index (κ3) is 3.51. The van der Waals surface area contributed by atoms with Crippen LogP contribution in [0.25, 0.3) is 0 Å². The number of likely N-dealkylation sites (tertiary alicyclic amines) is 1. The van der Waals surface area contributed by atoms with Crippen LogP contribution in [0, 0.1) is 0 Å². The smallest absolute Gasteiger partial charge is 0.322 e. The minimum absolute atomic E-state index is 0.0162. The molecule has 4 nitrogen and oxygen atoms in total. The van der Waals surface area contributed by atoms with E-state index in [0.29, 0.717) is 12.1 Å². The van der Waals surface area contributed by atoms with E-state index in [1.165, 1.54) is 5.56 Å². The predicted molar refractivity (Wildman–Crippen MR) is 83.0 cm³/mol. The van der Waals surface area contributed by atoms with Gasteiger partial charge in [-0.25, -0.2) is 4.79 Å². The second kappa shape index (κ2) is 6.75. The highest BCUT2D eigenvalue weighted by Crippen LogP contribution is 2.19. The van der Waals surface area contributed by atoms with Crippen LogP contribution in [0.4, 0.5) is 10.5 Å². The standard InChI is InChI=1S/C16H25N3O/c1-4-17-13(3)14-7-9-15(10-8-14)18-16(20)19-11-5-6-12(19)2/h7-10,12-13,17H,4-6,11H2,1-3H3,(H,18,20). The molecule has 0 aromatic heterocycles. The third-order valence-corrected chi connectivity index (χ3v) is 3.99. The summed E-state index contributed by atoms with van der Waals surface area (Å²) >= 11 is 0. The van der Waals surface area contributed by atoms with Gasteiger partial charge in [0.15, 0.2) is 0 Å². The number of carbonyl (C=O) groups excluding carboxylic acids is 1. The van der Waals surface area contributed by atoms with Gasteiger partial charge < -0.3 is 15.5 Å². The van der Waals surface area contributed by atoms with Crippen molar-refractivity contribution >= 4 is 11.7 Å². The molecule has 1 fully saturated rings. The zero-order valence-corrected chi connectivity index (χ0v) is 12.6. The molecular weight excluding hydrogens is 250 g/mol. The van der Waals surface area contributed by atoms with Crippen molar-refractivity contribution in [2.24, 2.45) is 0 Å². The SMILES string of the molecule is CCNC(C)c1ccc(NC(=O)N2CCCC2C)cc1. The maximum Gasteiger partial charge on any atom is 0.322 e. The molecule has 0 saturated carbocycles. The minimum atomic E-state index is 0.0162. The Morgan fingerprint density at radius 3 is 2.65 bits per heavy atom. The van der Waals surface area contributed by atoms with Crippen molar-refractivity contribution < 1.29 is 4.79 Å². The first-order valence-corrected chi connectivity index (χ1v) is 7.52. The van der Waals surface area contributed by atoms with Crippen LogP contribution in [0.15, 0.2) is 24.3 Å². The highest BCUT2D eigenvalue weighted by Gasteiger charge is 2.24. The van der Waals surface area contributed by atoms with E-state index in [0.717, 1.165) is 31.6 Å². The molecule has 0 aliphatic carbocycles. The molecule has 1 aromatic rings. The quantitative estimate of drug-likeness (QED) is 0.885. The maximum atomic E-state index is 12.1. The fourth-order valence-corrected chi connectivity index (χ4v) is 2.71. The Kier molecular flexibility index (Phi) is 5.01. The summed E-state index contributed by atoms with van der Waals surface area (Å²) in [5.74, 6) is 0. The third-order valence-electron chi connectivity index (χ3n) is 3.99. The Morgan fingerprint density at radius 1 is 1.40 bits per heavy atom. The van der Waals surface area contributed by atoms with Gasteiger partial charge in [-0.15, -0.1) is 0 Å². The molecule has 2 unspecified atom stereocenters. The topological polar surface area (TPSA) is 44.4 Å². The average molecular weight is 275 g/mol. The largest absolute Gasteiger partial charge is 0.322 e. The Hall–Kier alpha value is -1.55. The molecule has 2 atom stereocenters. The molecule has 1 aliphatic rings. The zero-order valence-electron chi connectivity index (χ0n) is 12.6. The first kappa shape index (κ1) is 14.9. The molecular formula is C16H25N3O. The fraction of sp³-hybridized carbons (Fsp3) is 0.562. The molecule has 1 aliphatic heterocycles. The number of amides is 2. The summed E-state index contributed by atoms with van der Waals surface area (Å²) < 4.78 is 0. The average Bonchev–Trinajstić information content (AvgIpc) is 2.86. The van der Waals surface area contributed by atoms with E-state index >= 15 is 0 Å². The van der Waals surface area contributed by atoms with E-state index in [4.69, 9.17) is 0 Å². The first-order chi connectivity index (χ1) is 9.61. The Morgan fingerprint density at radius 2 is 2.10 bits per heavy atom. The summed E-state index contributed by atoms with van der Waals surface area (Å²) in [5.41, 5.74) is 2.10. The van der Waals surface area contributed by atoms with Crippen molar-refractivity contribution in [3.8, 4) is 0 Å². The molecule has 110 valence electrons. The Balaban J connectivity index is 1.95. The van der Waals surface area contributed by atoms with Crippen molar-refractivity contribution in [2.45, 2.75) is 45.7 Å². The van der Waals surface area contributed by atoms with Crippen molar-refractivity contribution in [3.63, 3.8) is 0 Å². The minimum Gasteiger partial charge on any atom is -0.322 e. The lowest BCUT2D eigenvalue weighted by atomic mass is 10.1. The first-order valence-electron chi connectivity index (χ1n) is 7.52. The summed E-state index contributed by atoms with van der Waals surface area (Å²) in [4.78, 5) is 14.1. The van der Waals surface area contributed by atoms with Crippen LogP contribution >= 0.6 is 0 Å². The number of rotatable bonds is 4. The molecule has 2 amide bonds. The van der Waals surface area contributed by atoms with E-state index in [1.807, 2.05) is 17.0 Å². The van der Waals surface area contributed by atoms with Crippen molar-refractivity contribution in [1.29, 1.82) is 0 Å². The molecule has 2 N–H and O–H groups in total. The number of carbonyl (C=O) groups is 1. The molecule has 1 saturated heterocycles. The van der Waals surface area contributed by atoms with E-state index in [-0.39, 0.29) is 6.03 Å². The second-order valence-corrected chi connectivity index (χ2v) is 5.52. The van der Waals surface area contributed by atoms with Gasteiger partial charge in [0.25, 0.3) is 0 Å². The molecule has 1 heterocycles. The fourth-order valence-electron chi connectivity index (χ4n) is 2.71.